The van der Waals surface area contributed by atoms with E-state index in [1.807, 2.05) is 18.2 Å². The zero-order valence-electron chi connectivity index (χ0n) is 14.0. The average Bonchev–Trinajstić information content (AvgIpc) is 3.11. The van der Waals surface area contributed by atoms with Gasteiger partial charge in [-0.05, 0) is 30.5 Å². The lowest BCUT2D eigenvalue weighted by molar-refractivity contribution is -0.117. The Labute approximate surface area is 153 Å². The maximum atomic E-state index is 12.5. The van der Waals surface area contributed by atoms with Crippen LogP contribution in [0.2, 0.25) is 5.15 Å². The first-order valence-electron chi connectivity index (χ1n) is 8.49. The number of benzene rings is 1. The molecule has 2 aromatic rings. The zero-order chi connectivity index (χ0) is 17.5. The van der Waals surface area contributed by atoms with E-state index in [-0.39, 0.29) is 18.6 Å². The van der Waals surface area contributed by atoms with Gasteiger partial charge >= 0.3 is 0 Å². The quantitative estimate of drug-likeness (QED) is 0.770. The van der Waals surface area contributed by atoms with Gasteiger partial charge in [0.2, 0.25) is 5.91 Å². The molecule has 1 aliphatic heterocycles. The lowest BCUT2D eigenvalue weighted by Crippen LogP contribution is -2.38. The summed E-state index contributed by atoms with van der Waals surface area (Å²) in [5.74, 6) is -0.108. The number of carbonyl (C=O) groups is 1. The van der Waals surface area contributed by atoms with Crippen LogP contribution in [0.5, 0.6) is 0 Å². The Balaban J connectivity index is 1.63. The molecule has 6 heteroatoms. The van der Waals surface area contributed by atoms with Gasteiger partial charge in [0.25, 0.3) is 0 Å². The third-order valence-corrected chi connectivity index (χ3v) is 4.44. The number of nitrogens with zero attached hydrogens (tertiary/aromatic N) is 2. The summed E-state index contributed by atoms with van der Waals surface area (Å²) >= 11 is 6.01. The molecule has 1 aromatic carbocycles. The van der Waals surface area contributed by atoms with Crippen LogP contribution in [-0.2, 0) is 16.1 Å². The summed E-state index contributed by atoms with van der Waals surface area (Å²) < 4.78 is 5.74. The molecule has 1 amide bonds. The van der Waals surface area contributed by atoms with E-state index in [9.17, 15) is 4.79 Å². The predicted octanol–water partition coefficient (Wildman–Crippen LogP) is 3.35. The number of amides is 1. The van der Waals surface area contributed by atoms with E-state index in [1.165, 1.54) is 5.56 Å². The van der Waals surface area contributed by atoms with Crippen molar-refractivity contribution >= 4 is 23.2 Å². The molecule has 0 bridgehead atoms. The van der Waals surface area contributed by atoms with Gasteiger partial charge < -0.3 is 10.1 Å². The number of ether oxygens (including phenoxy) is 1. The van der Waals surface area contributed by atoms with Gasteiger partial charge in [-0.2, -0.15) is 0 Å². The summed E-state index contributed by atoms with van der Waals surface area (Å²) in [6.45, 7) is 2.53. The van der Waals surface area contributed by atoms with Crippen LogP contribution in [-0.4, -0.2) is 41.6 Å². The standard InChI is InChI=1S/C19H22ClN3O2/c20-19-17(9-4-10-21-19)22-18(24)14-23(13-16-8-5-11-25-16)12-15-6-2-1-3-7-15/h1-4,6-7,9-10,16H,5,8,11-14H2,(H,22,24). The van der Waals surface area contributed by atoms with Gasteiger partial charge in [0.1, 0.15) is 0 Å². The fraction of sp³-hybridized carbons (Fsp3) is 0.368. The van der Waals surface area contributed by atoms with Gasteiger partial charge in [-0.15, -0.1) is 0 Å². The molecule has 1 aliphatic rings. The fourth-order valence-electron chi connectivity index (χ4n) is 2.98. The van der Waals surface area contributed by atoms with Crippen molar-refractivity contribution in [2.24, 2.45) is 0 Å². The molecule has 3 rings (SSSR count). The molecule has 1 atom stereocenters. The van der Waals surface area contributed by atoms with E-state index >= 15 is 0 Å². The molecule has 1 aromatic heterocycles. The third kappa shape index (κ3) is 5.53. The molecule has 5 nitrogen and oxygen atoms in total. The Hall–Kier alpha value is -1.95. The van der Waals surface area contributed by atoms with Crippen LogP contribution < -0.4 is 5.32 Å². The number of hydrogen-bond acceptors (Lipinski definition) is 4. The first-order chi connectivity index (χ1) is 12.2. The highest BCUT2D eigenvalue weighted by atomic mass is 35.5. The van der Waals surface area contributed by atoms with Gasteiger partial charge in [0.15, 0.2) is 5.15 Å². The van der Waals surface area contributed by atoms with Crippen LogP contribution in [0.15, 0.2) is 48.7 Å². The largest absolute Gasteiger partial charge is 0.377 e. The van der Waals surface area contributed by atoms with Crippen LogP contribution >= 0.6 is 11.6 Å². The second-order valence-electron chi connectivity index (χ2n) is 6.18. The van der Waals surface area contributed by atoms with Gasteiger partial charge in [-0.3, -0.25) is 9.69 Å². The predicted molar refractivity (Wildman–Crippen MR) is 98.6 cm³/mol. The molecule has 0 radical (unpaired) electrons. The second kappa shape index (κ2) is 8.94. The number of hydrogen-bond donors (Lipinski definition) is 1. The van der Waals surface area contributed by atoms with Crippen LogP contribution in [0.1, 0.15) is 18.4 Å². The van der Waals surface area contributed by atoms with Crippen LogP contribution in [0, 0.1) is 0 Å². The molecule has 1 fully saturated rings. The molecule has 1 unspecified atom stereocenters. The maximum absolute atomic E-state index is 12.5. The van der Waals surface area contributed by atoms with Gasteiger partial charge in [-0.1, -0.05) is 41.9 Å². The van der Waals surface area contributed by atoms with Crippen molar-refractivity contribution in [2.45, 2.75) is 25.5 Å². The fourth-order valence-corrected chi connectivity index (χ4v) is 3.14. The normalized spacial score (nSPS) is 17.0. The lowest BCUT2D eigenvalue weighted by Gasteiger charge is -2.24. The van der Waals surface area contributed by atoms with Crippen molar-refractivity contribution in [2.75, 3.05) is 25.0 Å². The SMILES string of the molecule is O=C(CN(Cc1ccccc1)CC1CCCO1)Nc1cccnc1Cl. The molecule has 0 spiro atoms. The number of nitrogens with one attached hydrogen (secondary N) is 1. The monoisotopic (exact) mass is 359 g/mol. The number of aromatic nitrogens is 1. The minimum atomic E-state index is -0.108. The summed E-state index contributed by atoms with van der Waals surface area (Å²) in [5, 5.41) is 3.13. The second-order valence-corrected chi connectivity index (χ2v) is 6.54. The highest BCUT2D eigenvalue weighted by Crippen LogP contribution is 2.18. The molecular weight excluding hydrogens is 338 g/mol. The van der Waals surface area contributed by atoms with Crippen LogP contribution in [0.3, 0.4) is 0 Å². The number of pyridine rings is 1. The number of rotatable bonds is 7. The number of carbonyl (C=O) groups excluding carboxylic acids is 1. The molecule has 2 heterocycles. The van der Waals surface area contributed by atoms with Gasteiger partial charge in [0, 0.05) is 25.9 Å². The van der Waals surface area contributed by atoms with Gasteiger partial charge in [-0.25, -0.2) is 4.98 Å². The van der Waals surface area contributed by atoms with E-state index < -0.39 is 0 Å². The van der Waals surface area contributed by atoms with E-state index in [0.717, 1.165) is 26.0 Å². The van der Waals surface area contributed by atoms with E-state index in [4.69, 9.17) is 16.3 Å². The van der Waals surface area contributed by atoms with E-state index in [1.54, 1.807) is 18.3 Å². The minimum Gasteiger partial charge on any atom is -0.377 e. The minimum absolute atomic E-state index is 0.108. The molecule has 1 saturated heterocycles. The smallest absolute Gasteiger partial charge is 0.238 e. The molecule has 0 aliphatic carbocycles. The molecular formula is C19H22ClN3O2. The van der Waals surface area contributed by atoms with Crippen molar-refractivity contribution in [3.8, 4) is 0 Å². The van der Waals surface area contributed by atoms with Crippen molar-refractivity contribution in [3.05, 3.63) is 59.4 Å². The van der Waals surface area contributed by atoms with Gasteiger partial charge in [0.05, 0.1) is 18.3 Å². The Bertz CT molecular complexity index is 690. The number of halogens is 1. The number of anilines is 1. The van der Waals surface area contributed by atoms with Crippen molar-refractivity contribution in [1.29, 1.82) is 0 Å². The zero-order valence-corrected chi connectivity index (χ0v) is 14.8. The van der Waals surface area contributed by atoms with E-state index in [0.29, 0.717) is 17.4 Å². The molecule has 0 saturated carbocycles. The maximum Gasteiger partial charge on any atom is 0.238 e. The summed E-state index contributed by atoms with van der Waals surface area (Å²) in [6, 6.07) is 13.6. The highest BCUT2D eigenvalue weighted by molar-refractivity contribution is 6.32. The lowest BCUT2D eigenvalue weighted by atomic mass is 10.2. The summed E-state index contributed by atoms with van der Waals surface area (Å²) in [7, 11) is 0. The molecule has 1 N–H and O–H groups in total. The van der Waals surface area contributed by atoms with Crippen molar-refractivity contribution in [1.82, 2.24) is 9.88 Å². The summed E-state index contributed by atoms with van der Waals surface area (Å²) in [5.41, 5.74) is 1.71. The Kier molecular flexibility index (Phi) is 6.39. The first kappa shape index (κ1) is 17.9. The highest BCUT2D eigenvalue weighted by Gasteiger charge is 2.21. The van der Waals surface area contributed by atoms with Crippen molar-refractivity contribution in [3.63, 3.8) is 0 Å². The van der Waals surface area contributed by atoms with Crippen LogP contribution in [0.25, 0.3) is 0 Å². The summed E-state index contributed by atoms with van der Waals surface area (Å²) in [4.78, 5) is 18.6. The Morgan fingerprint density at radius 3 is 2.84 bits per heavy atom. The van der Waals surface area contributed by atoms with Crippen molar-refractivity contribution < 1.29 is 9.53 Å². The average molecular weight is 360 g/mol. The Morgan fingerprint density at radius 1 is 1.28 bits per heavy atom. The topological polar surface area (TPSA) is 54.5 Å². The first-order valence-corrected chi connectivity index (χ1v) is 8.87. The Morgan fingerprint density at radius 2 is 2.12 bits per heavy atom. The summed E-state index contributed by atoms with van der Waals surface area (Å²) in [6.07, 6.45) is 3.92. The molecule has 25 heavy (non-hydrogen) atoms. The third-order valence-electron chi connectivity index (χ3n) is 4.14. The van der Waals surface area contributed by atoms with E-state index in [2.05, 4.69) is 27.3 Å². The molecule has 132 valence electrons. The van der Waals surface area contributed by atoms with Crippen LogP contribution in [0.4, 0.5) is 5.69 Å².